The third-order valence-corrected chi connectivity index (χ3v) is 8.14. The highest BCUT2D eigenvalue weighted by molar-refractivity contribution is 7.92. The normalized spacial score (nSPS) is 14.1. The van der Waals surface area contributed by atoms with Crippen LogP contribution >= 0.6 is 0 Å². The number of rotatable bonds is 4. The molecule has 0 atom stereocenters. The molecule has 33 heavy (non-hydrogen) atoms. The van der Waals surface area contributed by atoms with Gasteiger partial charge in [-0.15, -0.1) is 0 Å². The molecule has 0 saturated carbocycles. The summed E-state index contributed by atoms with van der Waals surface area (Å²) in [5.41, 5.74) is 5.04. The summed E-state index contributed by atoms with van der Waals surface area (Å²) in [6.45, 7) is 7.40. The Morgan fingerprint density at radius 1 is 0.939 bits per heavy atom. The Kier molecular flexibility index (Phi) is 6.80. The van der Waals surface area contributed by atoms with Gasteiger partial charge in [-0.25, -0.2) is 13.4 Å². The quantitative estimate of drug-likeness (QED) is 0.513. The minimum Gasteiger partial charge on any atom is -0.371 e. The van der Waals surface area contributed by atoms with Crippen LogP contribution in [0.4, 0.5) is 5.69 Å². The first-order valence-electron chi connectivity index (χ1n) is 11.4. The van der Waals surface area contributed by atoms with Crippen molar-refractivity contribution >= 4 is 15.5 Å². The number of benzene rings is 2. The molecule has 0 aliphatic carbocycles. The van der Waals surface area contributed by atoms with Gasteiger partial charge >= 0.3 is 0 Å². The van der Waals surface area contributed by atoms with Crippen molar-refractivity contribution in [2.24, 2.45) is 0 Å². The van der Waals surface area contributed by atoms with Crippen molar-refractivity contribution in [1.82, 2.24) is 9.97 Å². The lowest BCUT2D eigenvalue weighted by atomic mass is 10.1. The van der Waals surface area contributed by atoms with Gasteiger partial charge in [-0.3, -0.25) is 4.98 Å². The van der Waals surface area contributed by atoms with Crippen LogP contribution in [0, 0.1) is 18.8 Å². The smallest absolute Gasteiger partial charge is 0.180 e. The SMILES string of the molecule is Cc1ncc(-c2ccc(S(=O)(=O)C(C)C)cc2)nc1C#Cc1ccccc1N1CCCCC1. The van der Waals surface area contributed by atoms with Crippen LogP contribution in [0.25, 0.3) is 11.3 Å². The Morgan fingerprint density at radius 3 is 2.33 bits per heavy atom. The van der Waals surface area contributed by atoms with E-state index in [1.807, 2.05) is 13.0 Å². The van der Waals surface area contributed by atoms with Crippen molar-refractivity contribution in [2.45, 2.75) is 50.2 Å². The molecule has 2 heterocycles. The van der Waals surface area contributed by atoms with E-state index < -0.39 is 15.1 Å². The minimum absolute atomic E-state index is 0.315. The van der Waals surface area contributed by atoms with Crippen molar-refractivity contribution in [1.29, 1.82) is 0 Å². The van der Waals surface area contributed by atoms with E-state index in [0.29, 0.717) is 16.3 Å². The molecule has 1 aliphatic rings. The molecule has 1 aromatic heterocycles. The first kappa shape index (κ1) is 23.0. The summed E-state index contributed by atoms with van der Waals surface area (Å²) in [6, 6.07) is 15.1. The maximum Gasteiger partial charge on any atom is 0.180 e. The fourth-order valence-corrected chi connectivity index (χ4v) is 4.97. The molecule has 0 amide bonds. The van der Waals surface area contributed by atoms with Gasteiger partial charge in [0.25, 0.3) is 0 Å². The maximum atomic E-state index is 12.4. The van der Waals surface area contributed by atoms with E-state index in [-0.39, 0.29) is 0 Å². The summed E-state index contributed by atoms with van der Waals surface area (Å²) in [4.78, 5) is 11.9. The number of hydrogen-bond donors (Lipinski definition) is 0. The van der Waals surface area contributed by atoms with Crippen LogP contribution in [0.15, 0.2) is 59.6 Å². The average molecular weight is 460 g/mol. The van der Waals surface area contributed by atoms with Gasteiger partial charge in [0.15, 0.2) is 9.84 Å². The first-order chi connectivity index (χ1) is 15.9. The molecule has 1 saturated heterocycles. The summed E-state index contributed by atoms with van der Waals surface area (Å²) in [7, 11) is -3.31. The molecule has 170 valence electrons. The number of hydrogen-bond acceptors (Lipinski definition) is 5. The van der Waals surface area contributed by atoms with Crippen LogP contribution in [0.5, 0.6) is 0 Å². The number of piperidine rings is 1. The fourth-order valence-electron chi connectivity index (χ4n) is 3.91. The fraction of sp³-hybridized carbons (Fsp3) is 0.333. The molecule has 4 rings (SSSR count). The molecule has 0 spiro atoms. The molecule has 0 N–H and O–H groups in total. The zero-order valence-electron chi connectivity index (χ0n) is 19.4. The van der Waals surface area contributed by atoms with Crippen molar-refractivity contribution in [3.8, 4) is 23.1 Å². The van der Waals surface area contributed by atoms with Crippen molar-refractivity contribution in [3.05, 3.63) is 71.7 Å². The van der Waals surface area contributed by atoms with Gasteiger partial charge in [0, 0.05) is 24.2 Å². The van der Waals surface area contributed by atoms with Gasteiger partial charge in [0.05, 0.1) is 33.4 Å². The van der Waals surface area contributed by atoms with E-state index in [1.165, 1.54) is 24.9 Å². The predicted octanol–water partition coefficient (Wildman–Crippen LogP) is 5.02. The van der Waals surface area contributed by atoms with E-state index >= 15 is 0 Å². The minimum atomic E-state index is -3.31. The molecule has 2 aromatic carbocycles. The molecule has 1 fully saturated rings. The molecule has 0 unspecified atom stereocenters. The monoisotopic (exact) mass is 459 g/mol. The number of anilines is 1. The lowest BCUT2D eigenvalue weighted by Crippen LogP contribution is -2.29. The molecular weight excluding hydrogens is 430 g/mol. The summed E-state index contributed by atoms with van der Waals surface area (Å²) >= 11 is 0. The van der Waals surface area contributed by atoms with E-state index in [9.17, 15) is 8.42 Å². The third kappa shape index (κ3) is 5.09. The Morgan fingerprint density at radius 2 is 1.64 bits per heavy atom. The van der Waals surface area contributed by atoms with Crippen molar-refractivity contribution < 1.29 is 8.42 Å². The number of para-hydroxylation sites is 1. The Balaban J connectivity index is 1.64. The molecule has 5 nitrogen and oxygen atoms in total. The standard InChI is InChI=1S/C27H29N3O2S/c1-20(2)33(31,32)24-14-11-22(12-15-24)26-19-28-21(3)25(29-26)16-13-23-9-5-6-10-27(23)30-17-7-4-8-18-30/h5-6,9-12,14-15,19-20H,4,7-8,17-18H2,1-3H3. The zero-order valence-corrected chi connectivity index (χ0v) is 20.2. The molecule has 1 aliphatic heterocycles. The van der Waals surface area contributed by atoms with Crippen LogP contribution in [-0.4, -0.2) is 36.7 Å². The number of aromatic nitrogens is 2. The summed E-state index contributed by atoms with van der Waals surface area (Å²) in [5.74, 6) is 6.54. The van der Waals surface area contributed by atoms with Crippen molar-refractivity contribution in [2.75, 3.05) is 18.0 Å². The van der Waals surface area contributed by atoms with Crippen molar-refractivity contribution in [3.63, 3.8) is 0 Å². The van der Waals surface area contributed by atoms with Crippen LogP contribution in [0.1, 0.15) is 50.1 Å². The summed E-state index contributed by atoms with van der Waals surface area (Å²) in [5, 5.41) is -0.461. The molecule has 3 aromatic rings. The highest BCUT2D eigenvalue weighted by Gasteiger charge is 2.19. The average Bonchev–Trinajstić information content (AvgIpc) is 2.84. The van der Waals surface area contributed by atoms with Gasteiger partial charge in [0.1, 0.15) is 5.69 Å². The van der Waals surface area contributed by atoms with Gasteiger partial charge in [0.2, 0.25) is 0 Å². The van der Waals surface area contributed by atoms with Crippen LogP contribution in [0.2, 0.25) is 0 Å². The first-order valence-corrected chi connectivity index (χ1v) is 12.9. The number of aryl methyl sites for hydroxylation is 1. The molecular formula is C27H29N3O2S. The lowest BCUT2D eigenvalue weighted by Gasteiger charge is -2.29. The Bertz CT molecular complexity index is 1300. The van der Waals surface area contributed by atoms with Gasteiger partial charge < -0.3 is 4.90 Å². The topological polar surface area (TPSA) is 63.2 Å². The lowest BCUT2D eigenvalue weighted by molar-refractivity contribution is 0.577. The highest BCUT2D eigenvalue weighted by Crippen LogP contribution is 2.24. The Labute approximate surface area is 196 Å². The largest absolute Gasteiger partial charge is 0.371 e. The van der Waals surface area contributed by atoms with E-state index in [4.69, 9.17) is 4.98 Å². The summed E-state index contributed by atoms with van der Waals surface area (Å²) < 4.78 is 24.8. The van der Waals surface area contributed by atoms with E-state index in [0.717, 1.165) is 29.9 Å². The van der Waals surface area contributed by atoms with Crippen LogP contribution in [0.3, 0.4) is 0 Å². The van der Waals surface area contributed by atoms with Crippen LogP contribution < -0.4 is 4.90 Å². The zero-order chi connectivity index (χ0) is 23.4. The maximum absolute atomic E-state index is 12.4. The summed E-state index contributed by atoms with van der Waals surface area (Å²) in [6.07, 6.45) is 5.42. The van der Waals surface area contributed by atoms with Gasteiger partial charge in [-0.05, 0) is 70.2 Å². The highest BCUT2D eigenvalue weighted by atomic mass is 32.2. The molecule has 0 radical (unpaired) electrons. The second kappa shape index (κ2) is 9.76. The number of nitrogens with zero attached hydrogens (tertiary/aromatic N) is 3. The van der Waals surface area contributed by atoms with Gasteiger partial charge in [-0.1, -0.05) is 30.2 Å². The number of sulfone groups is 1. The molecule has 6 heteroatoms. The predicted molar refractivity (Wildman–Crippen MR) is 133 cm³/mol. The Hall–Kier alpha value is -3.17. The second-order valence-electron chi connectivity index (χ2n) is 8.62. The van der Waals surface area contributed by atoms with E-state index in [2.05, 4.69) is 39.9 Å². The second-order valence-corrected chi connectivity index (χ2v) is 11.1. The molecule has 0 bridgehead atoms. The third-order valence-electron chi connectivity index (χ3n) is 5.97. The van der Waals surface area contributed by atoms with Gasteiger partial charge in [-0.2, -0.15) is 0 Å². The van der Waals surface area contributed by atoms with E-state index in [1.54, 1.807) is 44.3 Å². The van der Waals surface area contributed by atoms with Crippen LogP contribution in [-0.2, 0) is 9.84 Å².